The molecule has 2 heterocycles. The summed E-state index contributed by atoms with van der Waals surface area (Å²) in [6.45, 7) is 15.8. The standard InChI is InChI=1S/C27H36O4/c1-25(2)16-29-23(25)20-9-7-19(8-10-20)15-31-27(5,6)18-28-22-13-11-21(12-14-22)24-26(3,4)17-30-24/h7-14,23-24H,15-18H2,1-6H3. The second kappa shape index (κ2) is 8.23. The van der Waals surface area contributed by atoms with Crippen molar-refractivity contribution in [3.05, 3.63) is 65.2 Å². The summed E-state index contributed by atoms with van der Waals surface area (Å²) in [4.78, 5) is 0. The zero-order valence-corrected chi connectivity index (χ0v) is 19.7. The second-order valence-electron chi connectivity index (χ2n) is 11.0. The fourth-order valence-corrected chi connectivity index (χ4v) is 4.20. The molecule has 2 aliphatic rings. The lowest BCUT2D eigenvalue weighted by atomic mass is 9.79. The average Bonchev–Trinajstić information content (AvgIpc) is 2.71. The van der Waals surface area contributed by atoms with E-state index in [4.69, 9.17) is 18.9 Å². The molecule has 0 N–H and O–H groups in total. The van der Waals surface area contributed by atoms with Crippen LogP contribution in [0, 0.1) is 10.8 Å². The average molecular weight is 425 g/mol. The van der Waals surface area contributed by atoms with Crippen LogP contribution >= 0.6 is 0 Å². The molecule has 168 valence electrons. The molecular formula is C27H36O4. The van der Waals surface area contributed by atoms with Crippen LogP contribution in [0.4, 0.5) is 0 Å². The minimum atomic E-state index is -0.393. The molecule has 2 aromatic rings. The van der Waals surface area contributed by atoms with Gasteiger partial charge in [-0.3, -0.25) is 0 Å². The van der Waals surface area contributed by atoms with Crippen molar-refractivity contribution in [1.82, 2.24) is 0 Å². The van der Waals surface area contributed by atoms with Gasteiger partial charge in [0.2, 0.25) is 0 Å². The molecule has 0 aliphatic carbocycles. The largest absolute Gasteiger partial charge is 0.491 e. The van der Waals surface area contributed by atoms with Gasteiger partial charge in [0.25, 0.3) is 0 Å². The van der Waals surface area contributed by atoms with Gasteiger partial charge in [0.15, 0.2) is 0 Å². The Morgan fingerprint density at radius 3 is 1.71 bits per heavy atom. The van der Waals surface area contributed by atoms with Crippen molar-refractivity contribution >= 4 is 0 Å². The molecule has 2 aromatic carbocycles. The van der Waals surface area contributed by atoms with Crippen molar-refractivity contribution in [3.63, 3.8) is 0 Å². The van der Waals surface area contributed by atoms with Gasteiger partial charge in [-0.05, 0) is 42.7 Å². The van der Waals surface area contributed by atoms with Gasteiger partial charge in [-0.1, -0.05) is 64.1 Å². The van der Waals surface area contributed by atoms with Crippen molar-refractivity contribution in [2.24, 2.45) is 10.8 Å². The zero-order valence-electron chi connectivity index (χ0n) is 19.7. The van der Waals surface area contributed by atoms with Gasteiger partial charge in [0.05, 0.1) is 37.6 Å². The lowest BCUT2D eigenvalue weighted by Crippen LogP contribution is -2.40. The van der Waals surface area contributed by atoms with Crippen LogP contribution in [0.25, 0.3) is 0 Å². The highest BCUT2D eigenvalue weighted by molar-refractivity contribution is 5.30. The van der Waals surface area contributed by atoms with E-state index >= 15 is 0 Å². The first kappa shape index (κ1) is 22.3. The van der Waals surface area contributed by atoms with E-state index in [1.165, 1.54) is 11.1 Å². The number of ether oxygens (including phenoxy) is 4. The summed E-state index contributed by atoms with van der Waals surface area (Å²) in [5, 5.41) is 0. The van der Waals surface area contributed by atoms with Crippen LogP contribution in [0.5, 0.6) is 5.75 Å². The monoisotopic (exact) mass is 424 g/mol. The van der Waals surface area contributed by atoms with Crippen LogP contribution in [0.1, 0.15) is 70.4 Å². The van der Waals surface area contributed by atoms with Gasteiger partial charge in [0.1, 0.15) is 12.4 Å². The van der Waals surface area contributed by atoms with E-state index in [0.717, 1.165) is 24.5 Å². The molecular weight excluding hydrogens is 388 g/mol. The molecule has 4 rings (SSSR count). The summed E-state index contributed by atoms with van der Waals surface area (Å²) < 4.78 is 23.6. The molecule has 0 radical (unpaired) electrons. The fraction of sp³-hybridized carbons (Fsp3) is 0.556. The third-order valence-corrected chi connectivity index (χ3v) is 6.34. The van der Waals surface area contributed by atoms with E-state index in [0.29, 0.717) is 13.2 Å². The SMILES string of the molecule is CC(C)(COc1ccc(C2OCC2(C)C)cc1)OCc1ccc(C2OCC2(C)C)cc1. The summed E-state index contributed by atoms with van der Waals surface area (Å²) >= 11 is 0. The van der Waals surface area contributed by atoms with Crippen molar-refractivity contribution in [2.75, 3.05) is 19.8 Å². The van der Waals surface area contributed by atoms with Crippen molar-refractivity contribution in [3.8, 4) is 5.75 Å². The Balaban J connectivity index is 1.25. The molecule has 0 bridgehead atoms. The number of hydrogen-bond acceptors (Lipinski definition) is 4. The zero-order chi connectivity index (χ0) is 22.3. The van der Waals surface area contributed by atoms with Crippen LogP contribution in [0.2, 0.25) is 0 Å². The predicted octanol–water partition coefficient (Wildman–Crippen LogP) is 6.26. The Labute approximate surface area is 186 Å². The highest BCUT2D eigenvalue weighted by atomic mass is 16.5. The first-order chi connectivity index (χ1) is 14.6. The molecule has 2 unspecified atom stereocenters. The Morgan fingerprint density at radius 2 is 1.29 bits per heavy atom. The quantitative estimate of drug-likeness (QED) is 0.501. The topological polar surface area (TPSA) is 36.9 Å². The summed E-state index contributed by atoms with van der Waals surface area (Å²) in [5.41, 5.74) is 3.63. The first-order valence-corrected chi connectivity index (χ1v) is 11.2. The molecule has 2 aliphatic heterocycles. The molecule has 2 atom stereocenters. The van der Waals surface area contributed by atoms with E-state index in [-0.39, 0.29) is 23.0 Å². The third-order valence-electron chi connectivity index (χ3n) is 6.34. The molecule has 0 spiro atoms. The van der Waals surface area contributed by atoms with Crippen LogP contribution in [-0.2, 0) is 20.8 Å². The Morgan fingerprint density at radius 1 is 0.806 bits per heavy atom. The van der Waals surface area contributed by atoms with E-state index in [2.05, 4.69) is 77.9 Å². The summed E-state index contributed by atoms with van der Waals surface area (Å²) in [6, 6.07) is 16.8. The minimum absolute atomic E-state index is 0.176. The highest BCUT2D eigenvalue weighted by Crippen LogP contribution is 2.46. The molecule has 2 saturated heterocycles. The maximum absolute atomic E-state index is 6.16. The first-order valence-electron chi connectivity index (χ1n) is 11.2. The third kappa shape index (κ3) is 4.97. The smallest absolute Gasteiger partial charge is 0.119 e. The Hall–Kier alpha value is -1.88. The second-order valence-corrected chi connectivity index (χ2v) is 11.0. The van der Waals surface area contributed by atoms with E-state index < -0.39 is 5.60 Å². The minimum Gasteiger partial charge on any atom is -0.491 e. The molecule has 0 amide bonds. The Bertz CT molecular complexity index is 807. The van der Waals surface area contributed by atoms with Crippen molar-refractivity contribution in [2.45, 2.75) is 66.0 Å². The van der Waals surface area contributed by atoms with Crippen LogP contribution in [0.3, 0.4) is 0 Å². The fourth-order valence-electron chi connectivity index (χ4n) is 4.20. The predicted molar refractivity (Wildman–Crippen MR) is 122 cm³/mol. The maximum Gasteiger partial charge on any atom is 0.119 e. The number of rotatable bonds is 8. The van der Waals surface area contributed by atoms with Gasteiger partial charge in [0, 0.05) is 10.8 Å². The molecule has 0 aromatic heterocycles. The summed E-state index contributed by atoms with van der Waals surface area (Å²) in [5.74, 6) is 0.852. The normalized spacial score (nSPS) is 24.2. The maximum atomic E-state index is 6.16. The van der Waals surface area contributed by atoms with Gasteiger partial charge in [-0.2, -0.15) is 0 Å². The van der Waals surface area contributed by atoms with Crippen LogP contribution in [-0.4, -0.2) is 25.4 Å². The van der Waals surface area contributed by atoms with Crippen molar-refractivity contribution < 1.29 is 18.9 Å². The number of benzene rings is 2. The molecule has 4 nitrogen and oxygen atoms in total. The van der Waals surface area contributed by atoms with Crippen molar-refractivity contribution in [1.29, 1.82) is 0 Å². The van der Waals surface area contributed by atoms with Gasteiger partial charge in [-0.25, -0.2) is 0 Å². The lowest BCUT2D eigenvalue weighted by molar-refractivity contribution is -0.172. The van der Waals surface area contributed by atoms with E-state index in [1.807, 2.05) is 12.1 Å². The molecule has 2 fully saturated rings. The van der Waals surface area contributed by atoms with Crippen LogP contribution < -0.4 is 4.74 Å². The Kier molecular flexibility index (Phi) is 5.93. The van der Waals surface area contributed by atoms with Gasteiger partial charge >= 0.3 is 0 Å². The highest BCUT2D eigenvalue weighted by Gasteiger charge is 2.41. The molecule has 0 saturated carbocycles. The molecule has 4 heteroatoms. The van der Waals surface area contributed by atoms with Gasteiger partial charge < -0.3 is 18.9 Å². The van der Waals surface area contributed by atoms with E-state index in [9.17, 15) is 0 Å². The summed E-state index contributed by atoms with van der Waals surface area (Å²) in [7, 11) is 0. The van der Waals surface area contributed by atoms with Gasteiger partial charge in [-0.15, -0.1) is 0 Å². The number of hydrogen-bond donors (Lipinski definition) is 0. The van der Waals surface area contributed by atoms with E-state index in [1.54, 1.807) is 0 Å². The summed E-state index contributed by atoms with van der Waals surface area (Å²) in [6.07, 6.45) is 0.371. The lowest BCUT2D eigenvalue weighted by Gasteiger charge is -2.44. The van der Waals surface area contributed by atoms with Crippen LogP contribution in [0.15, 0.2) is 48.5 Å². The molecule has 31 heavy (non-hydrogen) atoms.